The average molecular weight is 351 g/mol. The number of rotatable bonds is 6. The van der Waals surface area contributed by atoms with E-state index in [2.05, 4.69) is 10.2 Å². The summed E-state index contributed by atoms with van der Waals surface area (Å²) in [6, 6.07) is 3.78. The first-order valence-electron chi connectivity index (χ1n) is 8.36. The largest absolute Gasteiger partial charge is 0.464 e. The molecule has 130 valence electrons. The third-order valence-corrected chi connectivity index (χ3v) is 4.77. The van der Waals surface area contributed by atoms with Crippen molar-refractivity contribution in [2.45, 2.75) is 19.8 Å². The molecule has 3 rings (SSSR count). The molecule has 5 nitrogen and oxygen atoms in total. The van der Waals surface area contributed by atoms with Crippen LogP contribution in [0.2, 0.25) is 5.02 Å². The van der Waals surface area contributed by atoms with E-state index in [4.69, 9.17) is 20.8 Å². The van der Waals surface area contributed by atoms with Gasteiger partial charge in [-0.1, -0.05) is 11.6 Å². The molecular formula is C18H23ClN2O3. The van der Waals surface area contributed by atoms with Crippen molar-refractivity contribution >= 4 is 28.5 Å². The molecule has 1 fully saturated rings. The van der Waals surface area contributed by atoms with Gasteiger partial charge in [-0.3, -0.25) is 9.69 Å². The molecule has 1 aromatic heterocycles. The number of aryl methyl sites for hydroxylation is 1. The molecule has 0 unspecified atom stereocenters. The van der Waals surface area contributed by atoms with Crippen LogP contribution in [0, 0.1) is 6.92 Å². The molecule has 1 aliphatic rings. The molecule has 0 bridgehead atoms. The third kappa shape index (κ3) is 4.29. The van der Waals surface area contributed by atoms with Gasteiger partial charge in [0.05, 0.1) is 25.9 Å². The van der Waals surface area contributed by atoms with E-state index in [1.165, 1.54) is 0 Å². The number of morpholine rings is 1. The second-order valence-corrected chi connectivity index (χ2v) is 6.60. The van der Waals surface area contributed by atoms with E-state index in [0.717, 1.165) is 61.4 Å². The van der Waals surface area contributed by atoms with Gasteiger partial charge < -0.3 is 14.5 Å². The summed E-state index contributed by atoms with van der Waals surface area (Å²) in [4.78, 5) is 14.5. The molecule has 0 spiro atoms. The zero-order valence-corrected chi connectivity index (χ0v) is 14.7. The van der Waals surface area contributed by atoms with Crippen LogP contribution in [-0.4, -0.2) is 50.2 Å². The number of carbonyl (C=O) groups is 1. The number of nitrogens with one attached hydrogen (secondary N) is 1. The standard InChI is InChI=1S/C18H23ClN2O3/c1-13-9-17-15(11-16(13)19)14(12-24-17)10-18(22)20-3-2-4-21-5-7-23-8-6-21/h9,11-12H,2-8,10H2,1H3,(H,20,22). The van der Waals surface area contributed by atoms with Gasteiger partial charge in [0.25, 0.3) is 0 Å². The summed E-state index contributed by atoms with van der Waals surface area (Å²) in [6.45, 7) is 7.19. The number of benzene rings is 1. The number of hydrogen-bond acceptors (Lipinski definition) is 4. The van der Waals surface area contributed by atoms with Gasteiger partial charge in [-0.2, -0.15) is 0 Å². The number of carbonyl (C=O) groups excluding carboxylic acids is 1. The molecule has 1 aliphatic heterocycles. The lowest BCUT2D eigenvalue weighted by atomic mass is 10.1. The number of amides is 1. The number of ether oxygens (including phenoxy) is 1. The normalized spacial score (nSPS) is 15.8. The first kappa shape index (κ1) is 17.3. The van der Waals surface area contributed by atoms with Crippen molar-refractivity contribution in [2.24, 2.45) is 0 Å². The Kier molecular flexibility index (Phi) is 5.76. The maximum atomic E-state index is 12.1. The van der Waals surface area contributed by atoms with Gasteiger partial charge in [-0.25, -0.2) is 0 Å². The van der Waals surface area contributed by atoms with Crippen molar-refractivity contribution in [3.8, 4) is 0 Å². The Bertz CT molecular complexity index is 708. The second-order valence-electron chi connectivity index (χ2n) is 6.19. The summed E-state index contributed by atoms with van der Waals surface area (Å²) in [7, 11) is 0. The minimum absolute atomic E-state index is 0.0105. The molecule has 24 heavy (non-hydrogen) atoms. The summed E-state index contributed by atoms with van der Waals surface area (Å²) in [6.07, 6.45) is 2.90. The smallest absolute Gasteiger partial charge is 0.224 e. The van der Waals surface area contributed by atoms with Gasteiger partial charge >= 0.3 is 0 Å². The van der Waals surface area contributed by atoms with Crippen LogP contribution in [0.25, 0.3) is 11.0 Å². The summed E-state index contributed by atoms with van der Waals surface area (Å²) in [5.74, 6) is 0.0105. The number of fused-ring (bicyclic) bond motifs is 1. The van der Waals surface area contributed by atoms with Crippen LogP contribution in [0.3, 0.4) is 0 Å². The lowest BCUT2D eigenvalue weighted by Gasteiger charge is -2.26. The zero-order chi connectivity index (χ0) is 16.9. The molecular weight excluding hydrogens is 328 g/mol. The van der Waals surface area contributed by atoms with Gasteiger partial charge in [-0.15, -0.1) is 0 Å². The lowest BCUT2D eigenvalue weighted by molar-refractivity contribution is -0.120. The molecule has 1 aromatic carbocycles. The maximum Gasteiger partial charge on any atom is 0.224 e. The highest BCUT2D eigenvalue weighted by molar-refractivity contribution is 6.32. The first-order chi connectivity index (χ1) is 11.6. The van der Waals surface area contributed by atoms with Crippen molar-refractivity contribution in [3.63, 3.8) is 0 Å². The van der Waals surface area contributed by atoms with Crippen molar-refractivity contribution in [3.05, 3.63) is 34.5 Å². The molecule has 0 atom stereocenters. The Morgan fingerprint density at radius 3 is 2.92 bits per heavy atom. The summed E-state index contributed by atoms with van der Waals surface area (Å²) >= 11 is 6.17. The van der Waals surface area contributed by atoms with Crippen LogP contribution < -0.4 is 5.32 Å². The minimum Gasteiger partial charge on any atom is -0.464 e. The number of nitrogens with zero attached hydrogens (tertiary/aromatic N) is 1. The highest BCUT2D eigenvalue weighted by Crippen LogP contribution is 2.27. The second kappa shape index (κ2) is 8.01. The van der Waals surface area contributed by atoms with Gasteiger partial charge in [0.2, 0.25) is 5.91 Å². The predicted octanol–water partition coefficient (Wildman–Crippen LogP) is 2.78. The molecule has 0 aliphatic carbocycles. The molecule has 0 radical (unpaired) electrons. The fraction of sp³-hybridized carbons (Fsp3) is 0.500. The molecule has 0 saturated carbocycles. The van der Waals surface area contributed by atoms with Gasteiger partial charge in [0.15, 0.2) is 0 Å². The van der Waals surface area contributed by atoms with E-state index in [0.29, 0.717) is 18.0 Å². The molecule has 1 amide bonds. The zero-order valence-electron chi connectivity index (χ0n) is 13.9. The summed E-state index contributed by atoms with van der Waals surface area (Å²) in [5.41, 5.74) is 2.61. The third-order valence-electron chi connectivity index (χ3n) is 4.36. The minimum atomic E-state index is 0.0105. The summed E-state index contributed by atoms with van der Waals surface area (Å²) in [5, 5.41) is 4.58. The van der Waals surface area contributed by atoms with Crippen LogP contribution in [0.5, 0.6) is 0 Å². The van der Waals surface area contributed by atoms with E-state index in [1.54, 1.807) is 6.26 Å². The Hall–Kier alpha value is -1.56. The average Bonchev–Trinajstić information content (AvgIpc) is 2.95. The van der Waals surface area contributed by atoms with Crippen LogP contribution in [-0.2, 0) is 16.0 Å². The van der Waals surface area contributed by atoms with E-state index in [1.807, 2.05) is 19.1 Å². The number of furan rings is 1. The highest BCUT2D eigenvalue weighted by Gasteiger charge is 2.13. The molecule has 2 aromatic rings. The van der Waals surface area contributed by atoms with Gasteiger partial charge in [0, 0.05) is 35.6 Å². The topological polar surface area (TPSA) is 54.7 Å². The Morgan fingerprint density at radius 1 is 1.33 bits per heavy atom. The van der Waals surface area contributed by atoms with E-state index in [9.17, 15) is 4.79 Å². The van der Waals surface area contributed by atoms with Crippen molar-refractivity contribution in [1.82, 2.24) is 10.2 Å². The van der Waals surface area contributed by atoms with Crippen LogP contribution in [0.15, 0.2) is 22.8 Å². The quantitative estimate of drug-likeness (QED) is 0.814. The fourth-order valence-corrected chi connectivity index (χ4v) is 3.09. The van der Waals surface area contributed by atoms with Crippen LogP contribution in [0.4, 0.5) is 0 Å². The van der Waals surface area contributed by atoms with E-state index >= 15 is 0 Å². The molecule has 1 N–H and O–H groups in total. The molecule has 2 heterocycles. The van der Waals surface area contributed by atoms with Crippen LogP contribution in [0.1, 0.15) is 17.5 Å². The van der Waals surface area contributed by atoms with Gasteiger partial charge in [0.1, 0.15) is 5.58 Å². The fourth-order valence-electron chi connectivity index (χ4n) is 2.93. The Balaban J connectivity index is 1.47. The maximum absolute atomic E-state index is 12.1. The lowest BCUT2D eigenvalue weighted by Crippen LogP contribution is -2.38. The highest BCUT2D eigenvalue weighted by atomic mass is 35.5. The van der Waals surface area contributed by atoms with Crippen molar-refractivity contribution in [2.75, 3.05) is 39.4 Å². The van der Waals surface area contributed by atoms with E-state index < -0.39 is 0 Å². The Morgan fingerprint density at radius 2 is 2.12 bits per heavy atom. The van der Waals surface area contributed by atoms with Gasteiger partial charge in [-0.05, 0) is 37.6 Å². The molecule has 1 saturated heterocycles. The first-order valence-corrected chi connectivity index (χ1v) is 8.74. The summed E-state index contributed by atoms with van der Waals surface area (Å²) < 4.78 is 10.9. The predicted molar refractivity (Wildman–Crippen MR) is 94.6 cm³/mol. The number of halogens is 1. The van der Waals surface area contributed by atoms with Crippen molar-refractivity contribution < 1.29 is 13.9 Å². The SMILES string of the molecule is Cc1cc2occ(CC(=O)NCCCN3CCOCC3)c2cc1Cl. The molecule has 6 heteroatoms. The van der Waals surface area contributed by atoms with E-state index in [-0.39, 0.29) is 5.91 Å². The monoisotopic (exact) mass is 350 g/mol. The number of hydrogen-bond donors (Lipinski definition) is 1. The van der Waals surface area contributed by atoms with Crippen molar-refractivity contribution in [1.29, 1.82) is 0 Å². The van der Waals surface area contributed by atoms with Crippen LogP contribution >= 0.6 is 11.6 Å². The Labute approximate surface area is 146 Å².